The maximum Gasteiger partial charge on any atom is 0.191 e. The molecule has 4 bridgehead atoms. The van der Waals surface area contributed by atoms with Crippen LogP contribution in [0.1, 0.15) is 24.8 Å². The Labute approximate surface area is 135 Å². The van der Waals surface area contributed by atoms with Crippen LogP contribution in [0.3, 0.4) is 0 Å². The summed E-state index contributed by atoms with van der Waals surface area (Å²) in [6.45, 7) is 1.90. The topological polar surface area (TPSA) is 83.8 Å². The number of benzene rings is 1. The summed E-state index contributed by atoms with van der Waals surface area (Å²) in [5, 5.41) is 0. The van der Waals surface area contributed by atoms with Gasteiger partial charge in [0.15, 0.2) is 10.0 Å². The lowest BCUT2D eigenvalue weighted by Crippen LogP contribution is -2.58. The molecule has 5 rings (SSSR count). The van der Waals surface area contributed by atoms with Gasteiger partial charge in [-0.1, -0.05) is 17.7 Å². The van der Waals surface area contributed by atoms with Gasteiger partial charge in [-0.2, -0.15) is 0 Å². The fourth-order valence-electron chi connectivity index (χ4n) is 4.44. The van der Waals surface area contributed by atoms with Crippen molar-refractivity contribution in [2.45, 2.75) is 37.1 Å². The van der Waals surface area contributed by atoms with Crippen LogP contribution in [0, 0.1) is 30.6 Å². The SMILES string of the molecule is Cc1ccc(S(=O)(O)=NC2C3CC4CC(CC2C4=O)C3=O)cc1. The molecule has 4 fully saturated rings. The van der Waals surface area contributed by atoms with Gasteiger partial charge in [0.1, 0.15) is 11.6 Å². The van der Waals surface area contributed by atoms with Crippen LogP contribution in [0.25, 0.3) is 0 Å². The highest BCUT2D eigenvalue weighted by atomic mass is 32.2. The molecule has 1 N–H and O–H groups in total. The van der Waals surface area contributed by atoms with Gasteiger partial charge in [-0.15, -0.1) is 0 Å². The zero-order valence-electron chi connectivity index (χ0n) is 12.8. The van der Waals surface area contributed by atoms with Crippen LogP contribution in [-0.4, -0.2) is 26.4 Å². The van der Waals surface area contributed by atoms with E-state index in [0.717, 1.165) is 5.56 Å². The van der Waals surface area contributed by atoms with Gasteiger partial charge < -0.3 is 0 Å². The summed E-state index contributed by atoms with van der Waals surface area (Å²) in [4.78, 5) is 25.1. The molecule has 0 spiro atoms. The van der Waals surface area contributed by atoms with Gasteiger partial charge in [0.05, 0.1) is 10.9 Å². The second-order valence-electron chi connectivity index (χ2n) is 7.02. The summed E-state index contributed by atoms with van der Waals surface area (Å²) >= 11 is 0. The molecule has 0 radical (unpaired) electrons. The van der Waals surface area contributed by atoms with E-state index in [1.54, 1.807) is 24.3 Å². The molecule has 5 nitrogen and oxygen atoms in total. The number of carbonyl (C=O) groups is 2. The second-order valence-corrected chi connectivity index (χ2v) is 8.70. The highest BCUT2D eigenvalue weighted by molar-refractivity contribution is 7.88. The summed E-state index contributed by atoms with van der Waals surface area (Å²) in [6, 6.07) is 6.05. The van der Waals surface area contributed by atoms with E-state index in [2.05, 4.69) is 4.36 Å². The second kappa shape index (κ2) is 4.98. The molecule has 6 heteroatoms. The van der Waals surface area contributed by atoms with Crippen molar-refractivity contribution in [2.24, 2.45) is 28.0 Å². The molecule has 0 aliphatic heterocycles. The van der Waals surface area contributed by atoms with Crippen molar-refractivity contribution < 1.29 is 18.4 Å². The van der Waals surface area contributed by atoms with Gasteiger partial charge in [-0.05, 0) is 38.3 Å². The van der Waals surface area contributed by atoms with E-state index in [-0.39, 0.29) is 40.1 Å². The van der Waals surface area contributed by atoms with Crippen molar-refractivity contribution in [3.8, 4) is 0 Å². The average Bonchev–Trinajstić information content (AvgIpc) is 2.49. The number of ketones is 2. The fraction of sp³-hybridized carbons (Fsp3) is 0.529. The summed E-state index contributed by atoms with van der Waals surface area (Å²) < 4.78 is 27.2. The lowest BCUT2D eigenvalue weighted by Gasteiger charge is -2.50. The first-order valence-electron chi connectivity index (χ1n) is 7.99. The third kappa shape index (κ3) is 2.27. The Kier molecular flexibility index (Phi) is 3.25. The maximum atomic E-state index is 12.7. The summed E-state index contributed by atoms with van der Waals surface area (Å²) in [5.74, 6) is -0.512. The molecule has 5 unspecified atom stereocenters. The first-order chi connectivity index (χ1) is 10.9. The standard InChI is InChI=1S/C17H19NO4S/c1-9-2-4-12(5-3-9)23(21,22)18-15-13-7-10-6-11(17(13)20)8-14(15)16(10)19/h2-5,10-11,13-15H,6-8H2,1H3,(H,18,21,22). The number of Topliss-reactive ketones (excluding diaryl/α,β-unsaturated/α-hetero) is 2. The van der Waals surface area contributed by atoms with E-state index in [0.29, 0.717) is 19.3 Å². The minimum atomic E-state index is -3.60. The predicted octanol–water partition coefficient (Wildman–Crippen LogP) is 2.48. The van der Waals surface area contributed by atoms with Crippen molar-refractivity contribution >= 4 is 21.6 Å². The maximum absolute atomic E-state index is 12.7. The van der Waals surface area contributed by atoms with Gasteiger partial charge in [-0.3, -0.25) is 14.1 Å². The first kappa shape index (κ1) is 15.0. The van der Waals surface area contributed by atoms with E-state index >= 15 is 0 Å². The minimum Gasteiger partial charge on any atom is -0.299 e. The molecule has 0 aromatic heterocycles. The van der Waals surface area contributed by atoms with E-state index in [4.69, 9.17) is 0 Å². The Morgan fingerprint density at radius 1 is 1.00 bits per heavy atom. The normalized spacial score (nSPS) is 37.7. The van der Waals surface area contributed by atoms with E-state index in [1.807, 2.05) is 6.92 Å². The summed E-state index contributed by atoms with van der Waals surface area (Å²) in [7, 11) is -3.60. The van der Waals surface area contributed by atoms with Crippen molar-refractivity contribution in [1.29, 1.82) is 0 Å². The largest absolute Gasteiger partial charge is 0.299 e. The third-order valence-electron chi connectivity index (χ3n) is 5.60. The van der Waals surface area contributed by atoms with Gasteiger partial charge in [-0.25, -0.2) is 8.57 Å². The van der Waals surface area contributed by atoms with Crippen LogP contribution in [-0.2, 0) is 19.6 Å². The molecule has 0 amide bonds. The molecule has 4 aliphatic rings. The Balaban J connectivity index is 1.75. The van der Waals surface area contributed by atoms with Crippen LogP contribution in [0.2, 0.25) is 0 Å². The highest BCUT2D eigenvalue weighted by Gasteiger charge is 2.58. The summed E-state index contributed by atoms with van der Waals surface area (Å²) in [5.41, 5.74) is 0.990. The van der Waals surface area contributed by atoms with Crippen LogP contribution in [0.5, 0.6) is 0 Å². The Morgan fingerprint density at radius 2 is 1.52 bits per heavy atom. The number of carbonyl (C=O) groups excluding carboxylic acids is 2. The molecule has 122 valence electrons. The van der Waals surface area contributed by atoms with Gasteiger partial charge in [0, 0.05) is 23.7 Å². The van der Waals surface area contributed by atoms with E-state index in [9.17, 15) is 18.4 Å². The van der Waals surface area contributed by atoms with Crippen LogP contribution >= 0.6 is 0 Å². The van der Waals surface area contributed by atoms with Crippen LogP contribution in [0.15, 0.2) is 33.5 Å². The summed E-state index contributed by atoms with van der Waals surface area (Å²) in [6.07, 6.45) is 1.67. The lowest BCUT2D eigenvalue weighted by molar-refractivity contribution is -0.152. The molecule has 0 saturated heterocycles. The molecule has 5 atom stereocenters. The number of hydrogen-bond acceptors (Lipinski definition) is 4. The molecule has 1 aromatic rings. The zero-order chi connectivity index (χ0) is 16.4. The number of hydrogen-bond donors (Lipinski definition) is 1. The Morgan fingerprint density at radius 3 is 2.04 bits per heavy atom. The molecule has 23 heavy (non-hydrogen) atoms. The van der Waals surface area contributed by atoms with Crippen LogP contribution in [0.4, 0.5) is 0 Å². The van der Waals surface area contributed by atoms with E-state index < -0.39 is 16.1 Å². The van der Waals surface area contributed by atoms with Crippen molar-refractivity contribution in [1.82, 2.24) is 0 Å². The molecule has 0 heterocycles. The zero-order valence-corrected chi connectivity index (χ0v) is 13.7. The molecular formula is C17H19NO4S. The average molecular weight is 333 g/mol. The van der Waals surface area contributed by atoms with Gasteiger partial charge >= 0.3 is 0 Å². The molecule has 1 aromatic carbocycles. The Hall–Kier alpha value is -1.53. The lowest BCUT2D eigenvalue weighted by atomic mass is 9.53. The number of rotatable bonds is 2. The number of aryl methyl sites for hydroxylation is 1. The molecule has 4 saturated carbocycles. The monoisotopic (exact) mass is 333 g/mol. The van der Waals surface area contributed by atoms with Crippen molar-refractivity contribution in [2.75, 3.05) is 0 Å². The van der Waals surface area contributed by atoms with Crippen LogP contribution < -0.4 is 0 Å². The fourth-order valence-corrected chi connectivity index (χ4v) is 5.67. The first-order valence-corrected chi connectivity index (χ1v) is 9.47. The minimum absolute atomic E-state index is 0.0398. The van der Waals surface area contributed by atoms with Gasteiger partial charge in [0.25, 0.3) is 0 Å². The van der Waals surface area contributed by atoms with Crippen molar-refractivity contribution in [3.63, 3.8) is 0 Å². The highest BCUT2D eigenvalue weighted by Crippen LogP contribution is 2.51. The predicted molar refractivity (Wildman–Crippen MR) is 84.3 cm³/mol. The van der Waals surface area contributed by atoms with Gasteiger partial charge in [0.2, 0.25) is 0 Å². The molecular weight excluding hydrogens is 314 g/mol. The molecule has 4 aliphatic carbocycles. The Bertz CT molecular complexity index is 778. The quantitative estimate of drug-likeness (QED) is 0.901. The number of nitrogens with zero attached hydrogens (tertiary/aromatic N) is 1. The smallest absolute Gasteiger partial charge is 0.191 e. The van der Waals surface area contributed by atoms with Crippen molar-refractivity contribution in [3.05, 3.63) is 29.8 Å². The third-order valence-corrected chi connectivity index (χ3v) is 7.01. The van der Waals surface area contributed by atoms with E-state index in [1.165, 1.54) is 0 Å².